The molecule has 0 aliphatic carbocycles. The number of alkyl halides is 1. The summed E-state index contributed by atoms with van der Waals surface area (Å²) >= 11 is 0. The van der Waals surface area contributed by atoms with Gasteiger partial charge in [0.1, 0.15) is 0 Å². The Morgan fingerprint density at radius 3 is 2.41 bits per heavy atom. The zero-order valence-corrected chi connectivity index (χ0v) is 15.8. The van der Waals surface area contributed by atoms with Crippen LogP contribution in [0.3, 0.4) is 0 Å². The molecule has 0 saturated heterocycles. The largest absolute Gasteiger partial charge is 0.248 e. The number of halogens is 1. The van der Waals surface area contributed by atoms with Gasteiger partial charge in [-0.1, -0.05) is 60.4 Å². The molecular weight excluding hydrogens is 331 g/mol. The first-order chi connectivity index (χ1) is 13.2. The average molecular weight is 356 g/mol. The molecule has 136 valence electrons. The summed E-state index contributed by atoms with van der Waals surface area (Å²) in [5, 5.41) is 2.49. The van der Waals surface area contributed by atoms with Crippen LogP contribution in [0.1, 0.15) is 37.3 Å². The van der Waals surface area contributed by atoms with Crippen LogP contribution in [0.25, 0.3) is 21.9 Å². The predicted octanol–water partition coefficient (Wildman–Crippen LogP) is 7.12. The third kappa shape index (κ3) is 5.31. The van der Waals surface area contributed by atoms with Crippen LogP contribution in [0.15, 0.2) is 73.3 Å². The number of hydrogen-bond donors (Lipinski definition) is 0. The smallest absolute Gasteiger partial charge is 0.0973 e. The molecule has 0 aromatic heterocycles. The number of unbranched alkanes of at least 4 members (excludes halogenated alkanes) is 1. The van der Waals surface area contributed by atoms with Crippen molar-refractivity contribution < 1.29 is 4.39 Å². The van der Waals surface area contributed by atoms with E-state index in [-0.39, 0.29) is 0 Å². The fraction of sp³-hybridized carbons (Fsp3) is 0.231. The van der Waals surface area contributed by atoms with Gasteiger partial charge in [-0.25, -0.2) is 4.39 Å². The molecule has 0 spiro atoms. The topological polar surface area (TPSA) is 0 Å². The van der Waals surface area contributed by atoms with Crippen molar-refractivity contribution in [2.75, 3.05) is 0 Å². The van der Waals surface area contributed by atoms with Gasteiger partial charge in [-0.3, -0.25) is 0 Å². The number of hydrogen-bond acceptors (Lipinski definition) is 0. The van der Waals surface area contributed by atoms with Crippen LogP contribution in [0, 0.1) is 11.8 Å². The van der Waals surface area contributed by atoms with Crippen LogP contribution >= 0.6 is 0 Å². The highest BCUT2D eigenvalue weighted by Gasteiger charge is 2.01. The number of allylic oxidation sites excluding steroid dienone is 1. The van der Waals surface area contributed by atoms with E-state index < -0.39 is 6.17 Å². The van der Waals surface area contributed by atoms with Gasteiger partial charge in [0.2, 0.25) is 0 Å². The maximum atomic E-state index is 12.8. The normalized spacial score (nSPS) is 11.6. The molecule has 1 unspecified atom stereocenters. The highest BCUT2D eigenvalue weighted by Crippen LogP contribution is 2.25. The second kappa shape index (κ2) is 9.19. The Balaban J connectivity index is 1.72. The number of benzene rings is 3. The minimum absolute atomic E-state index is 0.588. The molecule has 0 bridgehead atoms. The van der Waals surface area contributed by atoms with Crippen LogP contribution in [0.4, 0.5) is 4.39 Å². The summed E-state index contributed by atoms with van der Waals surface area (Å²) in [6.07, 6.45) is 4.24. The van der Waals surface area contributed by atoms with E-state index in [9.17, 15) is 4.39 Å². The second-order valence-electron chi connectivity index (χ2n) is 6.94. The Hall–Kier alpha value is -2.85. The molecule has 0 amide bonds. The molecule has 27 heavy (non-hydrogen) atoms. The molecule has 0 saturated carbocycles. The van der Waals surface area contributed by atoms with Gasteiger partial charge in [-0.2, -0.15) is 0 Å². The molecule has 0 heterocycles. The van der Waals surface area contributed by atoms with E-state index in [0.717, 1.165) is 24.8 Å². The Morgan fingerprint density at radius 1 is 0.963 bits per heavy atom. The van der Waals surface area contributed by atoms with Crippen LogP contribution in [-0.4, -0.2) is 6.17 Å². The summed E-state index contributed by atoms with van der Waals surface area (Å²) in [7, 11) is 0. The van der Waals surface area contributed by atoms with Crippen molar-refractivity contribution in [2.45, 2.75) is 38.8 Å². The van der Waals surface area contributed by atoms with Crippen molar-refractivity contribution in [2.24, 2.45) is 0 Å². The molecular formula is C26H25F. The summed E-state index contributed by atoms with van der Waals surface area (Å²) in [4.78, 5) is 0. The van der Waals surface area contributed by atoms with Gasteiger partial charge in [-0.15, -0.1) is 6.58 Å². The molecule has 0 nitrogen and oxygen atoms in total. The number of fused-ring (bicyclic) bond motifs is 1. The van der Waals surface area contributed by atoms with Crippen molar-refractivity contribution in [3.05, 3.63) is 84.4 Å². The van der Waals surface area contributed by atoms with Gasteiger partial charge >= 0.3 is 0 Å². The highest BCUT2D eigenvalue weighted by molar-refractivity contribution is 5.88. The monoisotopic (exact) mass is 356 g/mol. The average Bonchev–Trinajstić information content (AvgIpc) is 2.68. The molecule has 3 aromatic carbocycles. The van der Waals surface area contributed by atoms with E-state index in [1.165, 1.54) is 27.5 Å². The Kier molecular flexibility index (Phi) is 6.44. The minimum Gasteiger partial charge on any atom is -0.248 e. The zero-order valence-electron chi connectivity index (χ0n) is 15.8. The zero-order chi connectivity index (χ0) is 19.1. The molecule has 1 atom stereocenters. The van der Waals surface area contributed by atoms with Crippen molar-refractivity contribution in [3.63, 3.8) is 0 Å². The second-order valence-corrected chi connectivity index (χ2v) is 6.94. The minimum atomic E-state index is -0.735. The van der Waals surface area contributed by atoms with E-state index >= 15 is 0 Å². The van der Waals surface area contributed by atoms with Crippen LogP contribution in [-0.2, 0) is 6.42 Å². The summed E-state index contributed by atoms with van der Waals surface area (Å²) in [5.41, 5.74) is 4.68. The summed E-state index contributed by atoms with van der Waals surface area (Å²) < 4.78 is 12.8. The molecule has 1 heteroatoms. The van der Waals surface area contributed by atoms with Crippen molar-refractivity contribution in [1.29, 1.82) is 0 Å². The van der Waals surface area contributed by atoms with Crippen LogP contribution in [0.5, 0.6) is 0 Å². The molecule has 0 aliphatic heterocycles. The lowest BCUT2D eigenvalue weighted by Gasteiger charge is -2.06. The molecule has 0 radical (unpaired) electrons. The van der Waals surface area contributed by atoms with Crippen molar-refractivity contribution in [3.8, 4) is 23.0 Å². The SMILES string of the molecule is C=CCc1ccc2cc(-c3ccc(C#CCCCC(C)F)cc3)ccc2c1. The third-order valence-electron chi connectivity index (χ3n) is 4.64. The summed E-state index contributed by atoms with van der Waals surface area (Å²) in [6, 6.07) is 21.5. The molecule has 3 rings (SSSR count). The van der Waals surface area contributed by atoms with E-state index in [2.05, 4.69) is 79.1 Å². The molecule has 0 fully saturated rings. The van der Waals surface area contributed by atoms with E-state index in [1.807, 2.05) is 6.08 Å². The first-order valence-corrected chi connectivity index (χ1v) is 9.52. The van der Waals surface area contributed by atoms with Gasteiger partial charge in [0.25, 0.3) is 0 Å². The van der Waals surface area contributed by atoms with E-state index in [0.29, 0.717) is 6.42 Å². The fourth-order valence-electron chi connectivity index (χ4n) is 3.15. The van der Waals surface area contributed by atoms with E-state index in [4.69, 9.17) is 0 Å². The lowest BCUT2D eigenvalue weighted by molar-refractivity contribution is 0.336. The molecule has 3 aromatic rings. The quantitative estimate of drug-likeness (QED) is 0.251. The van der Waals surface area contributed by atoms with Crippen LogP contribution in [0.2, 0.25) is 0 Å². The Labute approximate surface area is 161 Å². The maximum absolute atomic E-state index is 12.8. The molecule has 0 aliphatic rings. The fourth-order valence-corrected chi connectivity index (χ4v) is 3.15. The summed E-state index contributed by atoms with van der Waals surface area (Å²) in [5.74, 6) is 6.30. The van der Waals surface area contributed by atoms with Gasteiger partial charge in [0, 0.05) is 12.0 Å². The van der Waals surface area contributed by atoms with Gasteiger partial charge in [-0.05, 0) is 71.8 Å². The van der Waals surface area contributed by atoms with Crippen LogP contribution < -0.4 is 0 Å². The third-order valence-corrected chi connectivity index (χ3v) is 4.64. The van der Waals surface area contributed by atoms with Gasteiger partial charge in [0.15, 0.2) is 0 Å². The van der Waals surface area contributed by atoms with Crippen molar-refractivity contribution >= 4 is 10.8 Å². The van der Waals surface area contributed by atoms with E-state index in [1.54, 1.807) is 6.92 Å². The standard InChI is InChI=1S/C26H25F/c1-3-7-22-12-15-26-19-25(17-16-24(26)18-22)23-13-10-21(11-14-23)9-6-4-5-8-20(2)27/h3,10-20H,1,4-5,7-8H2,2H3. The lowest BCUT2D eigenvalue weighted by Crippen LogP contribution is -1.90. The first-order valence-electron chi connectivity index (χ1n) is 9.52. The maximum Gasteiger partial charge on any atom is 0.0973 e. The van der Waals surface area contributed by atoms with Gasteiger partial charge < -0.3 is 0 Å². The predicted molar refractivity (Wildman–Crippen MR) is 115 cm³/mol. The molecule has 0 N–H and O–H groups in total. The highest BCUT2D eigenvalue weighted by atomic mass is 19.1. The van der Waals surface area contributed by atoms with Crippen molar-refractivity contribution in [1.82, 2.24) is 0 Å². The van der Waals surface area contributed by atoms with Gasteiger partial charge in [0.05, 0.1) is 6.17 Å². The number of rotatable bonds is 6. The Morgan fingerprint density at radius 2 is 1.67 bits per heavy atom. The summed E-state index contributed by atoms with van der Waals surface area (Å²) in [6.45, 7) is 5.40. The Bertz CT molecular complexity index is 969. The lowest BCUT2D eigenvalue weighted by atomic mass is 9.98. The first kappa shape index (κ1) is 18.9.